The van der Waals surface area contributed by atoms with Crippen LogP contribution in [-0.2, 0) is 24.3 Å². The van der Waals surface area contributed by atoms with Crippen molar-refractivity contribution in [2.45, 2.75) is 18.7 Å². The first-order valence-corrected chi connectivity index (χ1v) is 9.72. The van der Waals surface area contributed by atoms with Crippen LogP contribution in [0.1, 0.15) is 16.7 Å². The Hall–Kier alpha value is -3.22. The van der Waals surface area contributed by atoms with Crippen LogP contribution in [0.5, 0.6) is 0 Å². The molecule has 2 aromatic rings. The number of aryl methyl sites for hydroxylation is 2. The van der Waals surface area contributed by atoms with Crippen LogP contribution in [0.2, 0.25) is 0 Å². The third-order valence-corrected chi connectivity index (χ3v) is 5.24. The zero-order valence-electron chi connectivity index (χ0n) is 15.4. The standard InChI is InChI=1S/C19H19N3O5S/c1-13-3-4-14(2)17(9-13)28(25,26)21-11-19(24)27-12-18(23)22-16-7-5-15(10-20)6-8-16/h3-9,21H,11-12H2,1-2H3,(H,22,23). The normalized spacial score (nSPS) is 10.8. The smallest absolute Gasteiger partial charge is 0.321 e. The van der Waals surface area contributed by atoms with Gasteiger partial charge in [0.2, 0.25) is 10.0 Å². The topological polar surface area (TPSA) is 125 Å². The van der Waals surface area contributed by atoms with Crippen molar-refractivity contribution in [1.82, 2.24) is 4.72 Å². The Balaban J connectivity index is 1.84. The van der Waals surface area contributed by atoms with Gasteiger partial charge in [-0.15, -0.1) is 0 Å². The summed E-state index contributed by atoms with van der Waals surface area (Å²) in [6.07, 6.45) is 0. The van der Waals surface area contributed by atoms with Gasteiger partial charge < -0.3 is 10.1 Å². The fourth-order valence-electron chi connectivity index (χ4n) is 2.25. The first kappa shape index (κ1) is 21.1. The van der Waals surface area contributed by atoms with Crippen molar-refractivity contribution < 1.29 is 22.7 Å². The molecule has 0 aliphatic heterocycles. The van der Waals surface area contributed by atoms with Gasteiger partial charge in [0.1, 0.15) is 6.54 Å². The Morgan fingerprint density at radius 2 is 1.79 bits per heavy atom. The van der Waals surface area contributed by atoms with E-state index < -0.39 is 35.1 Å². The molecule has 0 atom stereocenters. The van der Waals surface area contributed by atoms with E-state index in [1.54, 1.807) is 26.0 Å². The molecule has 2 aromatic carbocycles. The second-order valence-corrected chi connectivity index (χ2v) is 7.73. The number of nitrogens with one attached hydrogen (secondary N) is 2. The molecule has 0 aliphatic carbocycles. The first-order chi connectivity index (χ1) is 13.2. The zero-order chi connectivity index (χ0) is 20.7. The van der Waals surface area contributed by atoms with Crippen molar-refractivity contribution in [2.75, 3.05) is 18.5 Å². The van der Waals surface area contributed by atoms with Crippen LogP contribution >= 0.6 is 0 Å². The van der Waals surface area contributed by atoms with E-state index in [-0.39, 0.29) is 4.90 Å². The second kappa shape index (κ2) is 9.12. The fraction of sp³-hybridized carbons (Fsp3) is 0.211. The Labute approximate surface area is 163 Å². The third-order valence-electron chi connectivity index (χ3n) is 3.70. The van der Waals surface area contributed by atoms with E-state index in [1.165, 1.54) is 30.3 Å². The maximum Gasteiger partial charge on any atom is 0.321 e. The minimum atomic E-state index is -3.88. The second-order valence-electron chi connectivity index (χ2n) is 5.99. The first-order valence-electron chi connectivity index (χ1n) is 8.24. The molecule has 28 heavy (non-hydrogen) atoms. The van der Waals surface area contributed by atoms with E-state index in [4.69, 9.17) is 10.00 Å². The lowest BCUT2D eigenvalue weighted by atomic mass is 10.2. The molecule has 0 bridgehead atoms. The maximum atomic E-state index is 12.3. The molecule has 146 valence electrons. The Morgan fingerprint density at radius 3 is 2.43 bits per heavy atom. The van der Waals surface area contributed by atoms with Gasteiger partial charge in [0.25, 0.3) is 5.91 Å². The van der Waals surface area contributed by atoms with Crippen LogP contribution in [0, 0.1) is 25.2 Å². The SMILES string of the molecule is Cc1ccc(C)c(S(=O)(=O)NCC(=O)OCC(=O)Nc2ccc(C#N)cc2)c1. The number of esters is 1. The number of ether oxygens (including phenoxy) is 1. The molecule has 0 spiro atoms. The van der Waals surface area contributed by atoms with E-state index in [0.717, 1.165) is 5.56 Å². The molecule has 0 unspecified atom stereocenters. The third kappa shape index (κ3) is 5.90. The van der Waals surface area contributed by atoms with Gasteiger partial charge >= 0.3 is 5.97 Å². The molecule has 1 amide bonds. The summed E-state index contributed by atoms with van der Waals surface area (Å²) >= 11 is 0. The lowest BCUT2D eigenvalue weighted by Crippen LogP contribution is -2.32. The number of sulfonamides is 1. The number of hydrogen-bond donors (Lipinski definition) is 2. The summed E-state index contributed by atoms with van der Waals surface area (Å²) in [5, 5.41) is 11.2. The Morgan fingerprint density at radius 1 is 1.11 bits per heavy atom. The maximum absolute atomic E-state index is 12.3. The average Bonchev–Trinajstić information content (AvgIpc) is 2.67. The number of amides is 1. The van der Waals surface area contributed by atoms with Crippen LogP contribution < -0.4 is 10.0 Å². The van der Waals surface area contributed by atoms with Gasteiger partial charge in [-0.25, -0.2) is 8.42 Å². The largest absolute Gasteiger partial charge is 0.455 e. The summed E-state index contributed by atoms with van der Waals surface area (Å²) in [7, 11) is -3.88. The highest BCUT2D eigenvalue weighted by Gasteiger charge is 2.19. The van der Waals surface area contributed by atoms with Crippen molar-refractivity contribution in [3.8, 4) is 6.07 Å². The molecule has 2 rings (SSSR count). The van der Waals surface area contributed by atoms with E-state index in [2.05, 4.69) is 10.0 Å². The van der Waals surface area contributed by atoms with Gasteiger partial charge in [-0.05, 0) is 55.3 Å². The molecule has 8 nitrogen and oxygen atoms in total. The predicted molar refractivity (Wildman–Crippen MR) is 102 cm³/mol. The molecule has 0 saturated carbocycles. The van der Waals surface area contributed by atoms with Gasteiger partial charge in [-0.1, -0.05) is 12.1 Å². The molecule has 0 aromatic heterocycles. The lowest BCUT2D eigenvalue weighted by Gasteiger charge is -2.10. The van der Waals surface area contributed by atoms with Crippen LogP contribution in [0.15, 0.2) is 47.4 Å². The summed E-state index contributed by atoms with van der Waals surface area (Å²) in [6, 6.07) is 13.1. The number of carbonyl (C=O) groups excluding carboxylic acids is 2. The number of rotatable bonds is 7. The van der Waals surface area contributed by atoms with Crippen LogP contribution in [-0.4, -0.2) is 33.4 Å². The predicted octanol–water partition coefficient (Wildman–Crippen LogP) is 1.64. The number of anilines is 1. The summed E-state index contributed by atoms with van der Waals surface area (Å²) in [4.78, 5) is 23.6. The molecule has 0 radical (unpaired) electrons. The Bertz CT molecular complexity index is 1020. The van der Waals surface area contributed by atoms with Crippen molar-refractivity contribution in [3.63, 3.8) is 0 Å². The highest BCUT2D eigenvalue weighted by molar-refractivity contribution is 7.89. The van der Waals surface area contributed by atoms with Gasteiger partial charge in [0, 0.05) is 5.69 Å². The van der Waals surface area contributed by atoms with Crippen LogP contribution in [0.3, 0.4) is 0 Å². The average molecular weight is 401 g/mol. The number of carbonyl (C=O) groups is 2. The molecule has 0 saturated heterocycles. The number of nitriles is 1. The lowest BCUT2D eigenvalue weighted by molar-refractivity contribution is -0.146. The van der Waals surface area contributed by atoms with Gasteiger partial charge in [0.05, 0.1) is 16.5 Å². The summed E-state index contributed by atoms with van der Waals surface area (Å²) in [6.45, 7) is 2.25. The molecular formula is C19H19N3O5S. The molecule has 0 fully saturated rings. The van der Waals surface area contributed by atoms with Crippen molar-refractivity contribution >= 4 is 27.6 Å². The van der Waals surface area contributed by atoms with E-state index >= 15 is 0 Å². The molecular weight excluding hydrogens is 382 g/mol. The van der Waals surface area contributed by atoms with E-state index in [1.807, 2.05) is 6.07 Å². The summed E-state index contributed by atoms with van der Waals surface area (Å²) in [5.74, 6) is -1.47. The highest BCUT2D eigenvalue weighted by Crippen LogP contribution is 2.16. The summed E-state index contributed by atoms with van der Waals surface area (Å²) in [5.41, 5.74) is 2.21. The number of hydrogen-bond acceptors (Lipinski definition) is 6. The van der Waals surface area contributed by atoms with Crippen molar-refractivity contribution in [1.29, 1.82) is 5.26 Å². The van der Waals surface area contributed by atoms with Crippen molar-refractivity contribution in [2.24, 2.45) is 0 Å². The van der Waals surface area contributed by atoms with E-state index in [9.17, 15) is 18.0 Å². The number of nitrogens with zero attached hydrogens (tertiary/aromatic N) is 1. The minimum absolute atomic E-state index is 0.0823. The Kier molecular flexibility index (Phi) is 6.87. The summed E-state index contributed by atoms with van der Waals surface area (Å²) < 4.78 is 31.6. The van der Waals surface area contributed by atoms with Gasteiger partial charge in [-0.3, -0.25) is 9.59 Å². The molecule has 2 N–H and O–H groups in total. The minimum Gasteiger partial charge on any atom is -0.455 e. The molecule has 9 heteroatoms. The van der Waals surface area contributed by atoms with Gasteiger partial charge in [0.15, 0.2) is 6.61 Å². The quantitative estimate of drug-likeness (QED) is 0.680. The zero-order valence-corrected chi connectivity index (χ0v) is 16.2. The van der Waals surface area contributed by atoms with Crippen LogP contribution in [0.4, 0.5) is 5.69 Å². The molecule has 0 aliphatic rings. The number of benzene rings is 2. The van der Waals surface area contributed by atoms with Crippen molar-refractivity contribution in [3.05, 3.63) is 59.2 Å². The van der Waals surface area contributed by atoms with Crippen LogP contribution in [0.25, 0.3) is 0 Å². The highest BCUT2D eigenvalue weighted by atomic mass is 32.2. The molecule has 0 heterocycles. The monoisotopic (exact) mass is 401 g/mol. The van der Waals surface area contributed by atoms with E-state index in [0.29, 0.717) is 16.8 Å². The fourth-order valence-corrected chi connectivity index (χ4v) is 3.55. The van der Waals surface area contributed by atoms with Gasteiger partial charge in [-0.2, -0.15) is 9.98 Å².